The lowest BCUT2D eigenvalue weighted by Gasteiger charge is -2.15. The first kappa shape index (κ1) is 16.6. The van der Waals surface area contributed by atoms with Crippen LogP contribution in [0.3, 0.4) is 0 Å². The van der Waals surface area contributed by atoms with Crippen molar-refractivity contribution in [1.82, 2.24) is 0 Å². The van der Waals surface area contributed by atoms with Gasteiger partial charge >= 0.3 is 0 Å². The molecule has 0 N–H and O–H groups in total. The molecule has 2 rings (SSSR count). The third-order valence-electron chi connectivity index (χ3n) is 3.46. The van der Waals surface area contributed by atoms with Crippen molar-refractivity contribution in [1.29, 1.82) is 0 Å². The summed E-state index contributed by atoms with van der Waals surface area (Å²) in [4.78, 5) is 2.08. The molecule has 1 nitrogen and oxygen atoms in total. The van der Waals surface area contributed by atoms with E-state index in [0.717, 1.165) is 23.3 Å². The normalized spacial score (nSPS) is 21.0. The molecule has 0 aliphatic carbocycles. The summed E-state index contributed by atoms with van der Waals surface area (Å²) >= 11 is 0. The van der Waals surface area contributed by atoms with Crippen molar-refractivity contribution in [3.8, 4) is 0 Å². The number of nitrogens with zero attached hydrogens (tertiary/aromatic N) is 1. The molecule has 0 radical (unpaired) electrons. The molecule has 0 atom stereocenters. The van der Waals surface area contributed by atoms with Crippen LogP contribution in [0.15, 0.2) is 104 Å². The first-order chi connectivity index (χ1) is 11.2. The van der Waals surface area contributed by atoms with Gasteiger partial charge in [0.15, 0.2) is 0 Å². The van der Waals surface area contributed by atoms with Gasteiger partial charge in [-0.2, -0.15) is 0 Å². The highest BCUT2D eigenvalue weighted by molar-refractivity contribution is 5.59. The lowest BCUT2D eigenvalue weighted by molar-refractivity contribution is 1.23. The monoisotopic (exact) mass is 301 g/mol. The number of rotatable bonds is 3. The zero-order valence-corrected chi connectivity index (χ0v) is 13.7. The molecule has 1 heterocycles. The molecular weight excluding hydrogens is 278 g/mol. The predicted octanol–water partition coefficient (Wildman–Crippen LogP) is 6.18. The zero-order valence-electron chi connectivity index (χ0n) is 13.7. The van der Waals surface area contributed by atoms with Crippen LogP contribution in [-0.4, -0.2) is 0 Å². The van der Waals surface area contributed by atoms with E-state index in [2.05, 4.69) is 61.4 Å². The topological polar surface area (TPSA) is 3.24 Å². The van der Waals surface area contributed by atoms with Crippen LogP contribution in [-0.2, 0) is 0 Å². The SMILES string of the molecule is C=C1/C=C\C=C/N(c2ccc(/C=C\CC)cc2)/C=C\C=C/C1=C. The molecule has 0 saturated carbocycles. The van der Waals surface area contributed by atoms with E-state index in [-0.39, 0.29) is 0 Å². The molecule has 0 fully saturated rings. The Hall–Kier alpha value is -2.80. The lowest BCUT2D eigenvalue weighted by atomic mass is 10.1. The Bertz CT molecular complexity index is 660. The smallest absolute Gasteiger partial charge is 0.0449 e. The van der Waals surface area contributed by atoms with E-state index in [1.165, 1.54) is 5.56 Å². The molecule has 1 aliphatic rings. The van der Waals surface area contributed by atoms with Gasteiger partial charge in [-0.15, -0.1) is 0 Å². The van der Waals surface area contributed by atoms with Crippen molar-refractivity contribution in [3.63, 3.8) is 0 Å². The van der Waals surface area contributed by atoms with Crippen molar-refractivity contribution >= 4 is 11.8 Å². The van der Waals surface area contributed by atoms with E-state index < -0.39 is 0 Å². The predicted molar refractivity (Wildman–Crippen MR) is 103 cm³/mol. The van der Waals surface area contributed by atoms with Crippen LogP contribution in [0.4, 0.5) is 5.69 Å². The lowest BCUT2D eigenvalue weighted by Crippen LogP contribution is -2.06. The van der Waals surface area contributed by atoms with Gasteiger partial charge in [0.2, 0.25) is 0 Å². The fourth-order valence-corrected chi connectivity index (χ4v) is 2.08. The first-order valence-electron chi connectivity index (χ1n) is 7.83. The van der Waals surface area contributed by atoms with Crippen LogP contribution < -0.4 is 4.90 Å². The second-order valence-electron chi connectivity index (χ2n) is 5.26. The van der Waals surface area contributed by atoms with E-state index in [9.17, 15) is 0 Å². The summed E-state index contributed by atoms with van der Waals surface area (Å²) in [5.74, 6) is 0. The molecule has 0 saturated heterocycles. The maximum atomic E-state index is 4.00. The minimum absolute atomic E-state index is 0.916. The number of hydrogen-bond donors (Lipinski definition) is 0. The molecule has 0 bridgehead atoms. The second-order valence-corrected chi connectivity index (χ2v) is 5.26. The molecule has 1 aromatic rings. The summed E-state index contributed by atoms with van der Waals surface area (Å²) in [6.45, 7) is 10.1. The number of allylic oxidation sites excluding steroid dienone is 9. The number of anilines is 1. The van der Waals surface area contributed by atoms with E-state index in [1.807, 2.05) is 48.9 Å². The third-order valence-corrected chi connectivity index (χ3v) is 3.46. The molecule has 23 heavy (non-hydrogen) atoms. The average molecular weight is 301 g/mol. The quantitative estimate of drug-likeness (QED) is 0.644. The summed E-state index contributed by atoms with van der Waals surface area (Å²) in [7, 11) is 0. The van der Waals surface area contributed by atoms with Gasteiger partial charge in [-0.1, -0.05) is 68.7 Å². The van der Waals surface area contributed by atoms with Gasteiger partial charge in [0.25, 0.3) is 0 Å². The molecule has 116 valence electrons. The maximum Gasteiger partial charge on any atom is 0.0449 e. The second kappa shape index (κ2) is 8.60. The third kappa shape index (κ3) is 5.15. The summed E-state index contributed by atoms with van der Waals surface area (Å²) in [5, 5.41) is 0. The first-order valence-corrected chi connectivity index (χ1v) is 7.83. The fourth-order valence-electron chi connectivity index (χ4n) is 2.08. The van der Waals surface area contributed by atoms with Crippen LogP contribution in [0.1, 0.15) is 18.9 Å². The van der Waals surface area contributed by atoms with Crippen molar-refractivity contribution in [2.75, 3.05) is 4.90 Å². The van der Waals surface area contributed by atoms with E-state index >= 15 is 0 Å². The van der Waals surface area contributed by atoms with Crippen LogP contribution in [0, 0.1) is 0 Å². The Morgan fingerprint density at radius 1 is 0.870 bits per heavy atom. The molecule has 1 aromatic carbocycles. The fraction of sp³-hybridized carbons (Fsp3) is 0.0909. The standard InChI is InChI=1S/C22H23N/c1-4-5-12-21-13-15-22(16-14-21)23-17-8-6-10-19(2)20(3)11-7-9-18-23/h5-18H,2-4H2,1H3/b10-6-,11-7-,12-5-,17-8-,18-9-. The minimum Gasteiger partial charge on any atom is -0.324 e. The highest BCUT2D eigenvalue weighted by Gasteiger charge is 1.99. The molecule has 0 unspecified atom stereocenters. The summed E-state index contributed by atoms with van der Waals surface area (Å²) in [6, 6.07) is 8.50. The number of benzene rings is 1. The van der Waals surface area contributed by atoms with Gasteiger partial charge < -0.3 is 4.90 Å². The molecule has 0 spiro atoms. The molecule has 1 aliphatic heterocycles. The van der Waals surface area contributed by atoms with E-state index in [1.54, 1.807) is 0 Å². The van der Waals surface area contributed by atoms with Crippen LogP contribution in [0.25, 0.3) is 6.08 Å². The van der Waals surface area contributed by atoms with Crippen molar-refractivity contribution in [3.05, 3.63) is 109 Å². The Morgan fingerprint density at radius 2 is 1.43 bits per heavy atom. The highest BCUT2D eigenvalue weighted by atomic mass is 15.1. The minimum atomic E-state index is 0.916. The molecule has 0 amide bonds. The van der Waals surface area contributed by atoms with Gasteiger partial charge in [-0.25, -0.2) is 0 Å². The van der Waals surface area contributed by atoms with E-state index in [0.29, 0.717) is 0 Å². The van der Waals surface area contributed by atoms with Crippen LogP contribution >= 0.6 is 0 Å². The van der Waals surface area contributed by atoms with Gasteiger partial charge in [-0.05, 0) is 47.4 Å². The van der Waals surface area contributed by atoms with Crippen molar-refractivity contribution < 1.29 is 0 Å². The van der Waals surface area contributed by atoms with Crippen LogP contribution in [0.5, 0.6) is 0 Å². The maximum absolute atomic E-state index is 4.00. The summed E-state index contributed by atoms with van der Waals surface area (Å²) < 4.78 is 0. The van der Waals surface area contributed by atoms with Crippen molar-refractivity contribution in [2.24, 2.45) is 0 Å². The Labute approximate surface area is 139 Å². The Kier molecular flexibility index (Phi) is 6.19. The zero-order chi connectivity index (χ0) is 16.5. The van der Waals surface area contributed by atoms with Crippen molar-refractivity contribution in [2.45, 2.75) is 13.3 Å². The van der Waals surface area contributed by atoms with Gasteiger partial charge in [0, 0.05) is 18.1 Å². The van der Waals surface area contributed by atoms with Gasteiger partial charge in [0.1, 0.15) is 0 Å². The van der Waals surface area contributed by atoms with Gasteiger partial charge in [-0.3, -0.25) is 0 Å². The molecular formula is C22H23N. The van der Waals surface area contributed by atoms with Gasteiger partial charge in [0.05, 0.1) is 0 Å². The summed E-state index contributed by atoms with van der Waals surface area (Å²) in [6.07, 6.45) is 21.3. The highest BCUT2D eigenvalue weighted by Crippen LogP contribution is 2.18. The van der Waals surface area contributed by atoms with E-state index in [4.69, 9.17) is 0 Å². The molecule has 0 aromatic heterocycles. The molecule has 1 heteroatoms. The van der Waals surface area contributed by atoms with Crippen LogP contribution in [0.2, 0.25) is 0 Å². The number of hydrogen-bond acceptors (Lipinski definition) is 1. The largest absolute Gasteiger partial charge is 0.324 e. The average Bonchev–Trinajstić information content (AvgIpc) is 2.61. The summed E-state index contributed by atoms with van der Waals surface area (Å²) in [5.41, 5.74) is 4.17. The Balaban J connectivity index is 2.24. The Morgan fingerprint density at radius 3 is 1.96 bits per heavy atom.